The Kier molecular flexibility index (Phi) is 4.58. The number of oxazole rings is 1. The second-order valence-corrected chi connectivity index (χ2v) is 5.53. The molecule has 1 aromatic rings. The van der Waals surface area contributed by atoms with Crippen LogP contribution in [0.3, 0.4) is 0 Å². The Morgan fingerprint density at radius 2 is 2.42 bits per heavy atom. The summed E-state index contributed by atoms with van der Waals surface area (Å²) in [6.07, 6.45) is 3.70. The van der Waals surface area contributed by atoms with Gasteiger partial charge in [0.15, 0.2) is 6.39 Å². The van der Waals surface area contributed by atoms with Gasteiger partial charge in [0.2, 0.25) is 5.76 Å². The molecule has 1 fully saturated rings. The summed E-state index contributed by atoms with van der Waals surface area (Å²) in [5, 5.41) is 3.39. The Balaban J connectivity index is 2.07. The minimum Gasteiger partial charge on any atom is -0.438 e. The highest BCUT2D eigenvalue weighted by molar-refractivity contribution is 5.92. The molecule has 5 nitrogen and oxygen atoms in total. The molecule has 1 atom stereocenters. The molecule has 0 aliphatic carbocycles. The average Bonchev–Trinajstić information content (AvgIpc) is 2.82. The molecule has 106 valence electrons. The van der Waals surface area contributed by atoms with Crippen molar-refractivity contribution in [2.45, 2.75) is 39.7 Å². The maximum Gasteiger partial charge on any atom is 0.291 e. The van der Waals surface area contributed by atoms with Crippen LogP contribution in [0.15, 0.2) is 10.8 Å². The summed E-state index contributed by atoms with van der Waals surface area (Å²) in [4.78, 5) is 18.4. The number of carbonyl (C=O) groups excluding carboxylic acids is 1. The van der Waals surface area contributed by atoms with Crippen LogP contribution >= 0.6 is 0 Å². The Hall–Kier alpha value is -1.36. The van der Waals surface area contributed by atoms with Crippen LogP contribution in [0, 0.1) is 12.8 Å². The SMILES string of the molecule is Cc1ncoc1C(=O)N(CC1CCCNC1)C(C)C. The molecule has 0 saturated carbocycles. The van der Waals surface area contributed by atoms with E-state index in [1.54, 1.807) is 6.92 Å². The summed E-state index contributed by atoms with van der Waals surface area (Å²) in [6, 6.07) is 0.166. The van der Waals surface area contributed by atoms with Crippen molar-refractivity contribution in [3.8, 4) is 0 Å². The lowest BCUT2D eigenvalue weighted by Crippen LogP contribution is -2.44. The molecule has 2 rings (SSSR count). The molecule has 1 aromatic heterocycles. The summed E-state index contributed by atoms with van der Waals surface area (Å²) in [7, 11) is 0. The standard InChI is InChI=1S/C14H23N3O2/c1-10(2)17(8-12-5-4-6-15-7-12)14(18)13-11(3)16-9-19-13/h9-10,12,15H,4-8H2,1-3H3. The second kappa shape index (κ2) is 6.19. The molecule has 1 N–H and O–H groups in total. The predicted octanol–water partition coefficient (Wildman–Crippen LogP) is 1.83. The smallest absolute Gasteiger partial charge is 0.291 e. The number of aromatic nitrogens is 1. The fourth-order valence-electron chi connectivity index (χ4n) is 2.52. The van der Waals surface area contributed by atoms with Crippen molar-refractivity contribution in [2.24, 2.45) is 5.92 Å². The van der Waals surface area contributed by atoms with E-state index in [9.17, 15) is 4.79 Å². The van der Waals surface area contributed by atoms with Gasteiger partial charge < -0.3 is 14.6 Å². The van der Waals surface area contributed by atoms with Crippen LogP contribution in [0.4, 0.5) is 0 Å². The molecule has 1 aliphatic heterocycles. The zero-order valence-corrected chi connectivity index (χ0v) is 12.0. The number of nitrogens with one attached hydrogen (secondary N) is 1. The molecule has 0 spiro atoms. The number of hydrogen-bond donors (Lipinski definition) is 1. The monoisotopic (exact) mass is 265 g/mol. The van der Waals surface area contributed by atoms with Gasteiger partial charge in [-0.3, -0.25) is 4.79 Å². The number of rotatable bonds is 4. The van der Waals surface area contributed by atoms with Crippen LogP contribution in [-0.2, 0) is 0 Å². The number of nitrogens with zero attached hydrogens (tertiary/aromatic N) is 2. The third kappa shape index (κ3) is 3.35. The van der Waals surface area contributed by atoms with E-state index >= 15 is 0 Å². The maximum absolute atomic E-state index is 12.5. The zero-order chi connectivity index (χ0) is 13.8. The van der Waals surface area contributed by atoms with Crippen molar-refractivity contribution in [2.75, 3.05) is 19.6 Å². The van der Waals surface area contributed by atoms with Crippen molar-refractivity contribution in [3.05, 3.63) is 17.8 Å². The van der Waals surface area contributed by atoms with E-state index in [1.165, 1.54) is 19.2 Å². The maximum atomic E-state index is 12.5. The van der Waals surface area contributed by atoms with E-state index in [1.807, 2.05) is 18.7 Å². The third-order valence-electron chi connectivity index (χ3n) is 3.68. The quantitative estimate of drug-likeness (QED) is 0.902. The van der Waals surface area contributed by atoms with Gasteiger partial charge in [-0.15, -0.1) is 0 Å². The minimum atomic E-state index is -0.0458. The fraction of sp³-hybridized carbons (Fsp3) is 0.714. The van der Waals surface area contributed by atoms with Gasteiger partial charge in [-0.05, 0) is 52.6 Å². The molecule has 0 bridgehead atoms. The van der Waals surface area contributed by atoms with Gasteiger partial charge >= 0.3 is 0 Å². The normalized spacial score (nSPS) is 19.7. The zero-order valence-electron chi connectivity index (χ0n) is 12.0. The van der Waals surface area contributed by atoms with Crippen molar-refractivity contribution >= 4 is 5.91 Å². The molecular weight excluding hydrogens is 242 g/mol. The minimum absolute atomic E-state index is 0.0458. The van der Waals surface area contributed by atoms with Crippen molar-refractivity contribution in [1.82, 2.24) is 15.2 Å². The summed E-state index contributed by atoms with van der Waals surface area (Å²) in [5.74, 6) is 0.858. The molecule has 1 saturated heterocycles. The molecule has 1 amide bonds. The summed E-state index contributed by atoms with van der Waals surface area (Å²) < 4.78 is 5.23. The first-order chi connectivity index (χ1) is 9.09. The summed E-state index contributed by atoms with van der Waals surface area (Å²) in [6.45, 7) is 8.75. The summed E-state index contributed by atoms with van der Waals surface area (Å²) in [5.41, 5.74) is 0.664. The second-order valence-electron chi connectivity index (χ2n) is 5.53. The first-order valence-corrected chi connectivity index (χ1v) is 7.01. The Labute approximate surface area is 114 Å². The molecular formula is C14H23N3O2. The van der Waals surface area contributed by atoms with Crippen LogP contribution in [-0.4, -0.2) is 41.5 Å². The highest BCUT2D eigenvalue weighted by Crippen LogP contribution is 2.17. The predicted molar refractivity (Wildman–Crippen MR) is 73.0 cm³/mol. The molecule has 0 radical (unpaired) electrons. The van der Waals surface area contributed by atoms with Crippen molar-refractivity contribution in [3.63, 3.8) is 0 Å². The first kappa shape index (κ1) is 14.1. The lowest BCUT2D eigenvalue weighted by molar-refractivity contribution is 0.0627. The van der Waals surface area contributed by atoms with Gasteiger partial charge in [-0.25, -0.2) is 4.98 Å². The van der Waals surface area contributed by atoms with Crippen molar-refractivity contribution in [1.29, 1.82) is 0 Å². The average molecular weight is 265 g/mol. The topological polar surface area (TPSA) is 58.4 Å². The number of aryl methyl sites for hydroxylation is 1. The molecule has 0 aromatic carbocycles. The van der Waals surface area contributed by atoms with Crippen LogP contribution in [0.2, 0.25) is 0 Å². The lowest BCUT2D eigenvalue weighted by atomic mass is 9.98. The third-order valence-corrected chi connectivity index (χ3v) is 3.68. The summed E-state index contributed by atoms with van der Waals surface area (Å²) >= 11 is 0. The van der Waals surface area contributed by atoms with Crippen LogP contribution in [0.25, 0.3) is 0 Å². The van der Waals surface area contributed by atoms with E-state index in [-0.39, 0.29) is 11.9 Å². The van der Waals surface area contributed by atoms with Gasteiger partial charge in [0.05, 0.1) is 5.69 Å². The highest BCUT2D eigenvalue weighted by atomic mass is 16.3. The van der Waals surface area contributed by atoms with E-state index in [4.69, 9.17) is 4.42 Å². The van der Waals surface area contributed by atoms with E-state index in [0.29, 0.717) is 17.4 Å². The van der Waals surface area contributed by atoms with Crippen LogP contribution < -0.4 is 5.32 Å². The molecule has 1 unspecified atom stereocenters. The molecule has 1 aliphatic rings. The molecule has 19 heavy (non-hydrogen) atoms. The molecule has 2 heterocycles. The first-order valence-electron chi connectivity index (χ1n) is 7.01. The van der Waals surface area contributed by atoms with Gasteiger partial charge in [-0.1, -0.05) is 0 Å². The number of carbonyl (C=O) groups is 1. The number of piperidine rings is 1. The van der Waals surface area contributed by atoms with Crippen LogP contribution in [0.5, 0.6) is 0 Å². The van der Waals surface area contributed by atoms with Crippen LogP contribution in [0.1, 0.15) is 42.9 Å². The van der Waals surface area contributed by atoms with Gasteiger partial charge in [0.1, 0.15) is 0 Å². The van der Waals surface area contributed by atoms with Gasteiger partial charge in [0, 0.05) is 12.6 Å². The largest absolute Gasteiger partial charge is 0.438 e. The van der Waals surface area contributed by atoms with Gasteiger partial charge in [-0.2, -0.15) is 0 Å². The fourth-order valence-corrected chi connectivity index (χ4v) is 2.52. The number of hydrogen-bond acceptors (Lipinski definition) is 4. The highest BCUT2D eigenvalue weighted by Gasteiger charge is 2.26. The number of amides is 1. The van der Waals surface area contributed by atoms with E-state index in [0.717, 1.165) is 19.6 Å². The lowest BCUT2D eigenvalue weighted by Gasteiger charge is -2.32. The Morgan fingerprint density at radius 1 is 1.63 bits per heavy atom. The Morgan fingerprint density at radius 3 is 2.95 bits per heavy atom. The van der Waals surface area contributed by atoms with Gasteiger partial charge in [0.25, 0.3) is 5.91 Å². The van der Waals surface area contributed by atoms with E-state index < -0.39 is 0 Å². The molecule has 5 heteroatoms. The van der Waals surface area contributed by atoms with E-state index in [2.05, 4.69) is 10.3 Å². The Bertz CT molecular complexity index is 422. The van der Waals surface area contributed by atoms with Crippen molar-refractivity contribution < 1.29 is 9.21 Å².